The molecule has 10 heteroatoms. The SMILES string of the molecule is CC(C)(C)C(c1nc(-c2cc(F)ccc2F)nn1Cc1ccccc1)N(CCC(N)CF)C(=O)N1CCCCC1. The largest absolute Gasteiger partial charge is 0.325 e. The number of carbonyl (C=O) groups excluding carboxylic acids is 1. The standard InChI is InChI=1S/C30H39F3N6O/c1-30(2,3)26(38(17-14-23(34)19-31)29(40)37-15-8-5-9-16-37)28-35-27(24-18-22(32)12-13-25(24)33)36-39(28)20-21-10-6-4-7-11-21/h4,6-7,10-13,18,23,26H,5,8-9,14-17,19-20,34H2,1-3H3. The summed E-state index contributed by atoms with van der Waals surface area (Å²) < 4.78 is 44.1. The first-order chi connectivity index (χ1) is 19.1. The molecule has 7 nitrogen and oxygen atoms in total. The van der Waals surface area contributed by atoms with Crippen molar-refractivity contribution in [1.82, 2.24) is 24.6 Å². The zero-order valence-electron chi connectivity index (χ0n) is 23.5. The molecule has 2 heterocycles. The fourth-order valence-corrected chi connectivity index (χ4v) is 5.19. The number of halogens is 3. The van der Waals surface area contributed by atoms with Crippen molar-refractivity contribution in [1.29, 1.82) is 0 Å². The Morgan fingerprint density at radius 1 is 1.07 bits per heavy atom. The maximum Gasteiger partial charge on any atom is 0.320 e. The molecule has 4 rings (SSSR count). The summed E-state index contributed by atoms with van der Waals surface area (Å²) >= 11 is 0. The quantitative estimate of drug-likeness (QED) is 0.353. The molecule has 0 saturated carbocycles. The minimum Gasteiger partial charge on any atom is -0.325 e. The van der Waals surface area contributed by atoms with Crippen LogP contribution in [0.15, 0.2) is 48.5 Å². The number of nitrogens with two attached hydrogens (primary N) is 1. The minimum absolute atomic E-state index is 0.0306. The van der Waals surface area contributed by atoms with Crippen LogP contribution >= 0.6 is 0 Å². The summed E-state index contributed by atoms with van der Waals surface area (Å²) in [6, 6.07) is 11.3. The fourth-order valence-electron chi connectivity index (χ4n) is 5.19. The van der Waals surface area contributed by atoms with E-state index < -0.39 is 35.8 Å². The van der Waals surface area contributed by atoms with Gasteiger partial charge in [0, 0.05) is 25.7 Å². The van der Waals surface area contributed by atoms with Crippen molar-refractivity contribution in [3.63, 3.8) is 0 Å². The first-order valence-electron chi connectivity index (χ1n) is 13.9. The molecule has 2 unspecified atom stereocenters. The van der Waals surface area contributed by atoms with E-state index in [9.17, 15) is 18.0 Å². The lowest BCUT2D eigenvalue weighted by Gasteiger charge is -2.42. The van der Waals surface area contributed by atoms with E-state index in [1.807, 2.05) is 56.0 Å². The fraction of sp³-hybridized carbons (Fsp3) is 0.500. The summed E-state index contributed by atoms with van der Waals surface area (Å²) in [5.41, 5.74) is 6.27. The lowest BCUT2D eigenvalue weighted by molar-refractivity contribution is 0.0762. The molecule has 0 radical (unpaired) electrons. The van der Waals surface area contributed by atoms with Gasteiger partial charge in [-0.3, -0.25) is 0 Å². The van der Waals surface area contributed by atoms with Crippen LogP contribution in [-0.4, -0.2) is 62.9 Å². The van der Waals surface area contributed by atoms with Gasteiger partial charge in [-0.05, 0) is 54.9 Å². The molecular weight excluding hydrogens is 517 g/mol. The molecule has 0 bridgehead atoms. The summed E-state index contributed by atoms with van der Waals surface area (Å²) in [4.78, 5) is 22.4. The van der Waals surface area contributed by atoms with Gasteiger partial charge in [0.05, 0.1) is 18.2 Å². The Morgan fingerprint density at radius 3 is 2.42 bits per heavy atom. The molecule has 40 heavy (non-hydrogen) atoms. The summed E-state index contributed by atoms with van der Waals surface area (Å²) in [5.74, 6) is -0.781. The zero-order chi connectivity index (χ0) is 28.9. The third-order valence-electron chi connectivity index (χ3n) is 7.23. The lowest BCUT2D eigenvalue weighted by atomic mass is 9.84. The van der Waals surface area contributed by atoms with Crippen LogP contribution in [0.1, 0.15) is 63.9 Å². The lowest BCUT2D eigenvalue weighted by Crippen LogP contribution is -2.51. The molecule has 1 saturated heterocycles. The molecule has 3 aromatic rings. The van der Waals surface area contributed by atoms with Crippen molar-refractivity contribution >= 4 is 6.03 Å². The zero-order valence-corrected chi connectivity index (χ0v) is 23.5. The van der Waals surface area contributed by atoms with Crippen LogP contribution in [0.2, 0.25) is 0 Å². The van der Waals surface area contributed by atoms with Crippen LogP contribution in [-0.2, 0) is 6.54 Å². The van der Waals surface area contributed by atoms with Crippen molar-refractivity contribution < 1.29 is 18.0 Å². The van der Waals surface area contributed by atoms with Crippen LogP contribution in [0.3, 0.4) is 0 Å². The molecule has 1 fully saturated rings. The Balaban J connectivity index is 1.85. The Morgan fingerprint density at radius 2 is 1.77 bits per heavy atom. The summed E-state index contributed by atoms with van der Waals surface area (Å²) in [7, 11) is 0. The molecule has 1 aromatic heterocycles. The van der Waals surface area contributed by atoms with E-state index in [2.05, 4.69) is 5.10 Å². The number of piperidine rings is 1. The Kier molecular flexibility index (Phi) is 9.50. The van der Waals surface area contributed by atoms with Crippen LogP contribution in [0, 0.1) is 17.0 Å². The number of hydrogen-bond donors (Lipinski definition) is 1. The van der Waals surface area contributed by atoms with Gasteiger partial charge < -0.3 is 15.5 Å². The Bertz CT molecular complexity index is 1270. The second-order valence-electron chi connectivity index (χ2n) is 11.6. The molecule has 1 aliphatic rings. The highest BCUT2D eigenvalue weighted by molar-refractivity contribution is 5.75. The van der Waals surface area contributed by atoms with E-state index >= 15 is 0 Å². The van der Waals surface area contributed by atoms with E-state index in [1.54, 1.807) is 9.58 Å². The van der Waals surface area contributed by atoms with Crippen molar-refractivity contribution in [2.75, 3.05) is 26.3 Å². The number of aromatic nitrogens is 3. The van der Waals surface area contributed by atoms with Crippen LogP contribution in [0.4, 0.5) is 18.0 Å². The molecule has 216 valence electrons. The van der Waals surface area contributed by atoms with E-state index in [0.29, 0.717) is 25.5 Å². The predicted molar refractivity (Wildman–Crippen MR) is 149 cm³/mol. The maximum atomic E-state index is 14.9. The molecule has 1 aliphatic heterocycles. The highest BCUT2D eigenvalue weighted by atomic mass is 19.1. The molecule has 2 atom stereocenters. The summed E-state index contributed by atoms with van der Waals surface area (Å²) in [6.45, 7) is 7.08. The van der Waals surface area contributed by atoms with Crippen molar-refractivity contribution in [3.8, 4) is 11.4 Å². The molecule has 0 spiro atoms. The van der Waals surface area contributed by atoms with Crippen LogP contribution in [0.5, 0.6) is 0 Å². The first-order valence-corrected chi connectivity index (χ1v) is 13.9. The van der Waals surface area contributed by atoms with Gasteiger partial charge in [0.15, 0.2) is 11.6 Å². The molecule has 0 aliphatic carbocycles. The second-order valence-corrected chi connectivity index (χ2v) is 11.6. The predicted octanol–water partition coefficient (Wildman–Crippen LogP) is 5.95. The van der Waals surface area contributed by atoms with Gasteiger partial charge in [0.25, 0.3) is 0 Å². The molecular formula is C30H39F3N6O. The molecule has 2 N–H and O–H groups in total. The average molecular weight is 557 g/mol. The van der Waals surface area contributed by atoms with Crippen LogP contribution in [0.25, 0.3) is 11.4 Å². The van der Waals surface area contributed by atoms with Gasteiger partial charge in [-0.25, -0.2) is 27.6 Å². The molecule has 2 amide bonds. The summed E-state index contributed by atoms with van der Waals surface area (Å²) in [6.07, 6.45) is 3.15. The first kappa shape index (κ1) is 29.6. The Hall–Kier alpha value is -3.40. The maximum absolute atomic E-state index is 14.9. The third-order valence-corrected chi connectivity index (χ3v) is 7.23. The highest BCUT2D eigenvalue weighted by Gasteiger charge is 2.40. The van der Waals surface area contributed by atoms with E-state index in [4.69, 9.17) is 10.7 Å². The minimum atomic E-state index is -0.712. The van der Waals surface area contributed by atoms with E-state index in [1.165, 1.54) is 0 Å². The van der Waals surface area contributed by atoms with E-state index in [0.717, 1.165) is 43.0 Å². The smallest absolute Gasteiger partial charge is 0.320 e. The van der Waals surface area contributed by atoms with Gasteiger partial charge in [0.1, 0.15) is 18.3 Å². The van der Waals surface area contributed by atoms with Gasteiger partial charge >= 0.3 is 6.03 Å². The topological polar surface area (TPSA) is 80.3 Å². The van der Waals surface area contributed by atoms with Gasteiger partial charge in [-0.1, -0.05) is 51.1 Å². The number of hydrogen-bond acceptors (Lipinski definition) is 4. The van der Waals surface area contributed by atoms with Crippen LogP contribution < -0.4 is 5.73 Å². The van der Waals surface area contributed by atoms with E-state index in [-0.39, 0.29) is 30.4 Å². The molecule has 2 aromatic carbocycles. The average Bonchev–Trinajstić information content (AvgIpc) is 3.34. The number of alkyl halides is 1. The normalized spacial score (nSPS) is 15.6. The number of carbonyl (C=O) groups is 1. The number of rotatable bonds is 9. The number of amides is 2. The number of likely N-dealkylation sites (tertiary alicyclic amines) is 1. The van der Waals surface area contributed by atoms with Crippen molar-refractivity contribution in [2.24, 2.45) is 11.1 Å². The van der Waals surface area contributed by atoms with Gasteiger partial charge in [0.2, 0.25) is 0 Å². The van der Waals surface area contributed by atoms with Crippen molar-refractivity contribution in [2.45, 2.75) is 65.1 Å². The van der Waals surface area contributed by atoms with Gasteiger partial charge in [-0.2, -0.15) is 5.10 Å². The number of benzene rings is 2. The van der Waals surface area contributed by atoms with Gasteiger partial charge in [-0.15, -0.1) is 0 Å². The number of nitrogens with zero attached hydrogens (tertiary/aromatic N) is 5. The third kappa shape index (κ3) is 7.02. The Labute approximate surface area is 234 Å². The van der Waals surface area contributed by atoms with Crippen molar-refractivity contribution in [3.05, 3.63) is 71.6 Å². The number of urea groups is 1. The summed E-state index contributed by atoms with van der Waals surface area (Å²) in [5, 5.41) is 4.64. The highest BCUT2D eigenvalue weighted by Crippen LogP contribution is 2.39. The second kappa shape index (κ2) is 12.8. The monoisotopic (exact) mass is 556 g/mol.